The molecule has 2 heterocycles. The molecule has 2 aromatic carbocycles. The highest BCUT2D eigenvalue weighted by molar-refractivity contribution is 7.19. The summed E-state index contributed by atoms with van der Waals surface area (Å²) >= 11 is 1.62. The van der Waals surface area contributed by atoms with Gasteiger partial charge in [0.25, 0.3) is 0 Å². The second-order valence-electron chi connectivity index (χ2n) is 7.56. The van der Waals surface area contributed by atoms with Gasteiger partial charge in [0.1, 0.15) is 11.9 Å². The van der Waals surface area contributed by atoms with Gasteiger partial charge in [-0.05, 0) is 30.0 Å². The number of benzene rings is 2. The average molecular weight is 448 g/mol. The molecule has 1 atom stereocenters. The number of nitrogens with zero attached hydrogens (tertiary/aromatic N) is 3. The van der Waals surface area contributed by atoms with Crippen LogP contribution in [0.3, 0.4) is 0 Å². The minimum absolute atomic E-state index is 0.310. The Kier molecular flexibility index (Phi) is 7.53. The van der Waals surface area contributed by atoms with E-state index >= 15 is 0 Å². The molecule has 0 spiro atoms. The van der Waals surface area contributed by atoms with Gasteiger partial charge in [-0.15, -0.1) is 11.3 Å². The van der Waals surface area contributed by atoms with Crippen LogP contribution >= 0.6 is 11.3 Å². The van der Waals surface area contributed by atoms with Crippen molar-refractivity contribution in [1.29, 1.82) is 0 Å². The van der Waals surface area contributed by atoms with Gasteiger partial charge in [0.15, 0.2) is 5.96 Å². The average Bonchev–Trinajstić information content (AvgIpc) is 3.45. The molecule has 0 aliphatic carbocycles. The number of aromatic nitrogens is 2. The van der Waals surface area contributed by atoms with Crippen LogP contribution in [-0.4, -0.2) is 40.3 Å². The van der Waals surface area contributed by atoms with Gasteiger partial charge in [-0.1, -0.05) is 48.5 Å². The highest BCUT2D eigenvalue weighted by Crippen LogP contribution is 2.29. The first-order chi connectivity index (χ1) is 15.7. The molecular formula is C25H29N5OS. The summed E-state index contributed by atoms with van der Waals surface area (Å²) in [6.45, 7) is 4.62. The van der Waals surface area contributed by atoms with Crippen LogP contribution in [0, 0.1) is 0 Å². The first kappa shape index (κ1) is 22.0. The quantitative estimate of drug-likeness (QED) is 0.268. The Balaban J connectivity index is 1.32. The van der Waals surface area contributed by atoms with Crippen molar-refractivity contribution in [2.75, 3.05) is 19.6 Å². The van der Waals surface area contributed by atoms with E-state index in [1.165, 1.54) is 10.3 Å². The molecule has 0 saturated heterocycles. The van der Waals surface area contributed by atoms with Gasteiger partial charge in [0.2, 0.25) is 0 Å². The van der Waals surface area contributed by atoms with Crippen LogP contribution in [0.1, 0.15) is 29.3 Å². The van der Waals surface area contributed by atoms with E-state index < -0.39 is 6.10 Å². The van der Waals surface area contributed by atoms with Gasteiger partial charge < -0.3 is 20.3 Å². The van der Waals surface area contributed by atoms with Crippen LogP contribution in [0.2, 0.25) is 0 Å². The van der Waals surface area contributed by atoms with Crippen molar-refractivity contribution in [3.05, 3.63) is 89.3 Å². The van der Waals surface area contributed by atoms with Crippen molar-refractivity contribution in [1.82, 2.24) is 20.2 Å². The number of thiophene rings is 1. The lowest BCUT2D eigenvalue weighted by atomic mass is 10.2. The van der Waals surface area contributed by atoms with Crippen molar-refractivity contribution >= 4 is 27.4 Å². The monoisotopic (exact) mass is 447 g/mol. The number of fused-ring (bicyclic) bond motifs is 1. The number of aliphatic hydroxyl groups excluding tert-OH is 1. The summed E-state index contributed by atoms with van der Waals surface area (Å²) in [7, 11) is 0. The van der Waals surface area contributed by atoms with E-state index in [4.69, 9.17) is 0 Å². The fraction of sp³-hybridized carbons (Fsp3) is 0.280. The van der Waals surface area contributed by atoms with Crippen LogP contribution in [0.15, 0.2) is 78.0 Å². The van der Waals surface area contributed by atoms with Gasteiger partial charge in [0.05, 0.1) is 6.54 Å². The van der Waals surface area contributed by atoms with E-state index in [-0.39, 0.29) is 0 Å². The molecule has 4 aromatic rings. The number of hydrogen-bond donors (Lipinski definition) is 3. The molecule has 166 valence electrons. The lowest BCUT2D eigenvalue weighted by molar-refractivity contribution is 0.191. The van der Waals surface area contributed by atoms with Crippen LogP contribution in [-0.2, 0) is 13.0 Å². The van der Waals surface area contributed by atoms with Gasteiger partial charge in [-0.25, -0.2) is 4.98 Å². The van der Waals surface area contributed by atoms with E-state index in [1.54, 1.807) is 11.3 Å². The molecule has 3 N–H and O–H groups in total. The van der Waals surface area contributed by atoms with Gasteiger partial charge in [0, 0.05) is 48.0 Å². The largest absolute Gasteiger partial charge is 0.386 e. The van der Waals surface area contributed by atoms with Gasteiger partial charge in [-0.3, -0.25) is 4.99 Å². The minimum Gasteiger partial charge on any atom is -0.386 e. The summed E-state index contributed by atoms with van der Waals surface area (Å²) in [5.41, 5.74) is 1.25. The molecule has 2 aromatic heterocycles. The van der Waals surface area contributed by atoms with Gasteiger partial charge >= 0.3 is 0 Å². The zero-order chi connectivity index (χ0) is 22.2. The highest BCUT2D eigenvalue weighted by Gasteiger charge is 2.12. The molecular weight excluding hydrogens is 418 g/mol. The first-order valence-electron chi connectivity index (χ1n) is 11.0. The number of aliphatic imine (C=N–C) groups is 1. The number of guanidine groups is 1. The molecule has 7 heteroatoms. The van der Waals surface area contributed by atoms with E-state index in [0.29, 0.717) is 19.0 Å². The molecule has 0 saturated carbocycles. The molecule has 32 heavy (non-hydrogen) atoms. The Morgan fingerprint density at radius 3 is 2.75 bits per heavy atom. The maximum Gasteiger partial charge on any atom is 0.191 e. The van der Waals surface area contributed by atoms with Crippen LogP contribution in [0.5, 0.6) is 0 Å². The van der Waals surface area contributed by atoms with Crippen LogP contribution in [0.25, 0.3) is 10.1 Å². The maximum atomic E-state index is 10.6. The van der Waals surface area contributed by atoms with Crippen molar-refractivity contribution in [3.8, 4) is 0 Å². The topological polar surface area (TPSA) is 74.5 Å². The lowest BCUT2D eigenvalue weighted by Crippen LogP contribution is -2.38. The van der Waals surface area contributed by atoms with E-state index in [9.17, 15) is 5.11 Å². The predicted molar refractivity (Wildman–Crippen MR) is 132 cm³/mol. The summed E-state index contributed by atoms with van der Waals surface area (Å²) < 4.78 is 3.35. The summed E-state index contributed by atoms with van der Waals surface area (Å²) in [5, 5.41) is 18.4. The third-order valence-corrected chi connectivity index (χ3v) is 6.40. The van der Waals surface area contributed by atoms with E-state index in [0.717, 1.165) is 35.6 Å². The first-order valence-corrected chi connectivity index (χ1v) is 11.8. The predicted octanol–water partition coefficient (Wildman–Crippen LogP) is 3.98. The standard InChI is InChI=1S/C25H29N5OS/c1-2-26-25(29-17-21(31)23-16-20-10-6-7-11-22(20)32-23)28-13-12-24-27-14-15-30(24)18-19-8-4-3-5-9-19/h3-11,14-16,21,31H,2,12-13,17-18H2,1H3,(H2,26,28,29). The zero-order valence-corrected chi connectivity index (χ0v) is 19.1. The summed E-state index contributed by atoms with van der Waals surface area (Å²) in [4.78, 5) is 10.0. The van der Waals surface area contributed by atoms with Crippen LogP contribution in [0.4, 0.5) is 0 Å². The molecule has 4 rings (SSSR count). The third-order valence-electron chi connectivity index (χ3n) is 5.18. The number of nitrogens with one attached hydrogen (secondary N) is 2. The Labute approximate surface area is 192 Å². The fourth-order valence-corrected chi connectivity index (χ4v) is 4.60. The van der Waals surface area contributed by atoms with E-state index in [1.807, 2.05) is 43.6 Å². The second kappa shape index (κ2) is 10.9. The molecule has 0 bridgehead atoms. The summed E-state index contributed by atoms with van der Waals surface area (Å²) in [6, 6.07) is 20.6. The normalized spacial score (nSPS) is 12.8. The highest BCUT2D eigenvalue weighted by atomic mass is 32.1. The number of aliphatic hydroxyl groups is 1. The Morgan fingerprint density at radius 1 is 1.12 bits per heavy atom. The Morgan fingerprint density at radius 2 is 1.94 bits per heavy atom. The van der Waals surface area contributed by atoms with Crippen molar-refractivity contribution in [2.24, 2.45) is 4.99 Å². The molecule has 0 radical (unpaired) electrons. The summed E-state index contributed by atoms with van der Waals surface area (Å²) in [6.07, 6.45) is 4.03. The van der Waals surface area contributed by atoms with Crippen molar-refractivity contribution in [2.45, 2.75) is 26.0 Å². The zero-order valence-electron chi connectivity index (χ0n) is 18.2. The lowest BCUT2D eigenvalue weighted by Gasteiger charge is -2.13. The number of hydrogen-bond acceptors (Lipinski definition) is 4. The molecule has 1 unspecified atom stereocenters. The summed E-state index contributed by atoms with van der Waals surface area (Å²) in [5.74, 6) is 1.73. The van der Waals surface area contributed by atoms with Crippen molar-refractivity contribution < 1.29 is 5.11 Å². The molecule has 0 fully saturated rings. The molecule has 0 amide bonds. The van der Waals surface area contributed by atoms with Gasteiger partial charge in [-0.2, -0.15) is 0 Å². The van der Waals surface area contributed by atoms with Crippen LogP contribution < -0.4 is 10.6 Å². The second-order valence-corrected chi connectivity index (χ2v) is 8.67. The smallest absolute Gasteiger partial charge is 0.191 e. The van der Waals surface area contributed by atoms with E-state index in [2.05, 4.69) is 61.6 Å². The SMILES string of the molecule is CCNC(=NCC(O)c1cc2ccccc2s1)NCCc1nccn1Cc1ccccc1. The molecule has 0 aliphatic rings. The Bertz CT molecular complexity index is 1120. The Hall–Kier alpha value is -3.16. The molecule has 0 aliphatic heterocycles. The maximum absolute atomic E-state index is 10.6. The number of imidazole rings is 1. The number of rotatable bonds is 9. The third kappa shape index (κ3) is 5.75. The minimum atomic E-state index is -0.618. The van der Waals surface area contributed by atoms with Crippen molar-refractivity contribution in [3.63, 3.8) is 0 Å². The fourth-order valence-electron chi connectivity index (χ4n) is 3.56. The molecule has 6 nitrogen and oxygen atoms in total.